The van der Waals surface area contributed by atoms with E-state index >= 15 is 0 Å². The highest BCUT2D eigenvalue weighted by Crippen LogP contribution is 2.32. The van der Waals surface area contributed by atoms with E-state index in [-0.39, 0.29) is 0 Å². The Morgan fingerprint density at radius 3 is 2.67 bits per heavy atom. The first kappa shape index (κ1) is 9.78. The fourth-order valence-corrected chi connectivity index (χ4v) is 1.92. The number of rotatable bonds is 2. The van der Waals surface area contributed by atoms with Gasteiger partial charge in [-0.15, -0.1) is 0 Å². The summed E-state index contributed by atoms with van der Waals surface area (Å²) in [5.74, 6) is 0.613. The average molecular weight is 204 g/mol. The Balaban J connectivity index is 2.30. The number of nitrogens with zero attached hydrogens (tertiary/aromatic N) is 3. The molecule has 1 aliphatic rings. The van der Waals surface area contributed by atoms with Crippen LogP contribution in [-0.4, -0.2) is 20.2 Å². The van der Waals surface area contributed by atoms with Gasteiger partial charge in [0.1, 0.15) is 0 Å². The molecule has 0 saturated carbocycles. The van der Waals surface area contributed by atoms with Crippen molar-refractivity contribution < 1.29 is 4.74 Å². The minimum absolute atomic E-state index is 0.473. The van der Waals surface area contributed by atoms with Gasteiger partial charge in [-0.2, -0.15) is 0 Å². The van der Waals surface area contributed by atoms with Crippen LogP contribution >= 0.6 is 0 Å². The molecule has 15 heavy (non-hydrogen) atoms. The SMILES string of the molecule is COc1cc(N2CCCC2)ccc1[N+]#N. The molecule has 0 atom stereocenters. The van der Waals surface area contributed by atoms with E-state index in [1.807, 2.05) is 12.1 Å². The molecule has 0 aromatic heterocycles. The highest BCUT2D eigenvalue weighted by atomic mass is 16.5. The highest BCUT2D eigenvalue weighted by Gasteiger charge is 2.18. The van der Waals surface area contributed by atoms with Crippen molar-refractivity contribution in [3.8, 4) is 5.75 Å². The maximum Gasteiger partial charge on any atom is 0.426 e. The summed E-state index contributed by atoms with van der Waals surface area (Å²) in [5.41, 5.74) is 1.61. The number of hydrogen-bond acceptors (Lipinski definition) is 3. The van der Waals surface area contributed by atoms with Crippen LogP contribution < -0.4 is 9.64 Å². The van der Waals surface area contributed by atoms with Gasteiger partial charge in [-0.05, 0) is 18.9 Å². The largest absolute Gasteiger partial charge is 0.489 e. The van der Waals surface area contributed by atoms with E-state index in [1.54, 1.807) is 13.2 Å². The van der Waals surface area contributed by atoms with Gasteiger partial charge in [-0.3, -0.25) is 0 Å². The predicted molar refractivity (Wildman–Crippen MR) is 59.2 cm³/mol. The van der Waals surface area contributed by atoms with E-state index < -0.39 is 0 Å². The van der Waals surface area contributed by atoms with Crippen LogP contribution in [0.4, 0.5) is 11.4 Å². The van der Waals surface area contributed by atoms with Crippen LogP contribution in [0.5, 0.6) is 5.75 Å². The number of diazo groups is 1. The Labute approximate surface area is 89.1 Å². The Morgan fingerprint density at radius 2 is 2.07 bits per heavy atom. The van der Waals surface area contributed by atoms with Crippen LogP contribution in [0.1, 0.15) is 12.8 Å². The maximum absolute atomic E-state index is 8.74. The van der Waals surface area contributed by atoms with E-state index in [9.17, 15) is 0 Å². The number of methoxy groups -OCH3 is 1. The summed E-state index contributed by atoms with van der Waals surface area (Å²) in [6.45, 7) is 2.19. The molecule has 1 aliphatic heterocycles. The van der Waals surface area contributed by atoms with Gasteiger partial charge in [0.05, 0.1) is 7.11 Å². The molecule has 1 heterocycles. The molecular formula is C11H14N3O+. The van der Waals surface area contributed by atoms with E-state index in [4.69, 9.17) is 10.1 Å². The lowest BCUT2D eigenvalue weighted by Gasteiger charge is -2.17. The molecule has 0 bridgehead atoms. The normalized spacial score (nSPS) is 15.1. The summed E-state index contributed by atoms with van der Waals surface area (Å²) in [4.78, 5) is 5.47. The first-order chi connectivity index (χ1) is 7.35. The van der Waals surface area contributed by atoms with Gasteiger partial charge in [0, 0.05) is 30.9 Å². The molecule has 1 aromatic rings. The fraction of sp³-hybridized carbons (Fsp3) is 0.455. The number of benzene rings is 1. The molecule has 78 valence electrons. The summed E-state index contributed by atoms with van der Waals surface area (Å²) in [5, 5.41) is 8.74. The summed E-state index contributed by atoms with van der Waals surface area (Å²) in [6.07, 6.45) is 2.49. The van der Waals surface area contributed by atoms with Gasteiger partial charge in [0.2, 0.25) is 11.1 Å². The lowest BCUT2D eigenvalue weighted by atomic mass is 10.2. The molecule has 0 aliphatic carbocycles. The quantitative estimate of drug-likeness (QED) is 0.695. The predicted octanol–water partition coefficient (Wildman–Crippen LogP) is 2.78. The second-order valence-corrected chi connectivity index (χ2v) is 3.65. The van der Waals surface area contributed by atoms with Crippen molar-refractivity contribution in [2.75, 3.05) is 25.1 Å². The summed E-state index contributed by atoms with van der Waals surface area (Å²) in [6, 6.07) is 5.65. The molecule has 0 amide bonds. The van der Waals surface area contributed by atoms with Gasteiger partial charge in [-0.25, -0.2) is 0 Å². The van der Waals surface area contributed by atoms with Crippen LogP contribution in [0, 0.1) is 5.39 Å². The zero-order valence-electron chi connectivity index (χ0n) is 8.81. The van der Waals surface area contributed by atoms with Crippen LogP contribution in [0.25, 0.3) is 4.98 Å². The van der Waals surface area contributed by atoms with E-state index in [2.05, 4.69) is 9.88 Å². The van der Waals surface area contributed by atoms with Crippen molar-refractivity contribution in [2.24, 2.45) is 0 Å². The minimum atomic E-state index is 0.473. The van der Waals surface area contributed by atoms with Crippen LogP contribution in [0.3, 0.4) is 0 Å². The lowest BCUT2D eigenvalue weighted by molar-refractivity contribution is 0.417. The smallest absolute Gasteiger partial charge is 0.426 e. The number of hydrogen-bond donors (Lipinski definition) is 0. The van der Waals surface area contributed by atoms with Gasteiger partial charge >= 0.3 is 5.69 Å². The second-order valence-electron chi connectivity index (χ2n) is 3.65. The number of anilines is 1. The van der Waals surface area contributed by atoms with Crippen LogP contribution in [-0.2, 0) is 0 Å². The summed E-state index contributed by atoms with van der Waals surface area (Å²) in [7, 11) is 1.58. The van der Waals surface area contributed by atoms with Gasteiger partial charge in [0.15, 0.2) is 4.98 Å². The fourth-order valence-electron chi connectivity index (χ4n) is 1.92. The molecule has 0 radical (unpaired) electrons. The molecule has 0 unspecified atom stereocenters. The monoisotopic (exact) mass is 204 g/mol. The Kier molecular flexibility index (Phi) is 2.72. The van der Waals surface area contributed by atoms with E-state index in [0.717, 1.165) is 18.8 Å². The van der Waals surface area contributed by atoms with Crippen molar-refractivity contribution >= 4 is 11.4 Å². The van der Waals surface area contributed by atoms with Gasteiger partial charge in [-0.1, -0.05) is 0 Å². The van der Waals surface area contributed by atoms with Crippen molar-refractivity contribution in [1.29, 1.82) is 5.39 Å². The molecule has 0 spiro atoms. The Bertz CT molecular complexity index is 391. The standard InChI is InChI=1S/C11H14N3O/c1-15-11-8-9(4-5-10(11)13-12)14-6-2-3-7-14/h4-5,8H,2-3,6-7H2,1H3/q+1. The third-order valence-electron chi connectivity index (χ3n) is 2.74. The van der Waals surface area contributed by atoms with Crippen molar-refractivity contribution in [3.63, 3.8) is 0 Å². The molecule has 1 saturated heterocycles. The molecule has 1 aromatic carbocycles. The van der Waals surface area contributed by atoms with E-state index in [1.165, 1.54) is 12.8 Å². The third kappa shape index (κ3) is 1.86. The molecule has 4 heteroatoms. The van der Waals surface area contributed by atoms with Crippen molar-refractivity contribution in [3.05, 3.63) is 23.2 Å². The van der Waals surface area contributed by atoms with Crippen molar-refractivity contribution in [2.45, 2.75) is 12.8 Å². The van der Waals surface area contributed by atoms with Crippen molar-refractivity contribution in [1.82, 2.24) is 0 Å². The molecule has 1 fully saturated rings. The first-order valence-electron chi connectivity index (χ1n) is 5.13. The minimum Gasteiger partial charge on any atom is -0.489 e. The zero-order chi connectivity index (χ0) is 10.7. The number of ether oxygens (including phenoxy) is 1. The Hall–Kier alpha value is -1.76. The topological polar surface area (TPSA) is 40.6 Å². The van der Waals surface area contributed by atoms with Crippen LogP contribution in [0.2, 0.25) is 0 Å². The summed E-state index contributed by atoms with van der Waals surface area (Å²) < 4.78 is 5.16. The lowest BCUT2D eigenvalue weighted by Crippen LogP contribution is -2.17. The Morgan fingerprint density at radius 1 is 1.33 bits per heavy atom. The second kappa shape index (κ2) is 4.18. The van der Waals surface area contributed by atoms with Crippen LogP contribution in [0.15, 0.2) is 18.2 Å². The maximum atomic E-state index is 8.74. The molecule has 2 rings (SSSR count). The highest BCUT2D eigenvalue weighted by molar-refractivity contribution is 5.65. The molecular weight excluding hydrogens is 190 g/mol. The van der Waals surface area contributed by atoms with Gasteiger partial charge < -0.3 is 9.64 Å². The summed E-state index contributed by atoms with van der Waals surface area (Å²) >= 11 is 0. The first-order valence-corrected chi connectivity index (χ1v) is 5.13. The van der Waals surface area contributed by atoms with Gasteiger partial charge in [0.25, 0.3) is 0 Å². The van der Waals surface area contributed by atoms with E-state index in [0.29, 0.717) is 11.4 Å². The molecule has 0 N–H and O–H groups in total. The third-order valence-corrected chi connectivity index (χ3v) is 2.74. The molecule has 4 nitrogen and oxygen atoms in total. The zero-order valence-corrected chi connectivity index (χ0v) is 8.81. The average Bonchev–Trinajstić information content (AvgIpc) is 2.81.